The Morgan fingerprint density at radius 1 is 0.906 bits per heavy atom. The van der Waals surface area contributed by atoms with Crippen LogP contribution in [0, 0.1) is 13.8 Å². The van der Waals surface area contributed by atoms with Crippen LogP contribution < -0.4 is 15.5 Å². The molecule has 0 unspecified atom stereocenters. The van der Waals surface area contributed by atoms with Crippen molar-refractivity contribution in [3.8, 4) is 5.75 Å². The van der Waals surface area contributed by atoms with Crippen molar-refractivity contribution in [3.63, 3.8) is 0 Å². The van der Waals surface area contributed by atoms with E-state index in [9.17, 15) is 9.59 Å². The van der Waals surface area contributed by atoms with Crippen molar-refractivity contribution in [2.75, 3.05) is 5.32 Å². The quantitative estimate of drug-likeness (QED) is 0.380. The predicted molar refractivity (Wildman–Crippen MR) is 127 cm³/mol. The molecule has 0 radical (unpaired) electrons. The zero-order valence-corrected chi connectivity index (χ0v) is 18.3. The molecule has 0 aliphatic heterocycles. The predicted octanol–water partition coefficient (Wildman–Crippen LogP) is 4.75. The van der Waals surface area contributed by atoms with Crippen molar-refractivity contribution in [2.45, 2.75) is 33.3 Å². The molecule has 6 nitrogen and oxygen atoms in total. The van der Waals surface area contributed by atoms with E-state index >= 15 is 0 Å². The van der Waals surface area contributed by atoms with Crippen LogP contribution in [0.3, 0.4) is 0 Å². The van der Waals surface area contributed by atoms with E-state index in [1.54, 1.807) is 6.21 Å². The molecule has 0 aliphatic rings. The summed E-state index contributed by atoms with van der Waals surface area (Å²) in [5, 5.41) is 6.81. The van der Waals surface area contributed by atoms with E-state index in [4.69, 9.17) is 4.74 Å². The smallest absolute Gasteiger partial charge is 0.240 e. The number of carbonyl (C=O) groups excluding carboxylic acids is 2. The van der Waals surface area contributed by atoms with Crippen molar-refractivity contribution in [1.82, 2.24) is 5.43 Å². The van der Waals surface area contributed by atoms with Crippen LogP contribution in [0.15, 0.2) is 77.9 Å². The number of nitrogens with one attached hydrogen (secondary N) is 2. The summed E-state index contributed by atoms with van der Waals surface area (Å²) in [6.07, 6.45) is 1.68. The summed E-state index contributed by atoms with van der Waals surface area (Å²) >= 11 is 0. The van der Waals surface area contributed by atoms with Gasteiger partial charge in [-0.05, 0) is 48.7 Å². The fraction of sp³-hybridized carbons (Fsp3) is 0.192. The Morgan fingerprint density at radius 3 is 2.47 bits per heavy atom. The monoisotopic (exact) mass is 429 g/mol. The van der Waals surface area contributed by atoms with Gasteiger partial charge in [0.05, 0.1) is 6.21 Å². The summed E-state index contributed by atoms with van der Waals surface area (Å²) in [4.78, 5) is 24.1. The normalized spacial score (nSPS) is 10.7. The number of benzene rings is 3. The minimum absolute atomic E-state index is 0.0499. The standard InChI is InChI=1S/C26H27N3O3/c1-19-11-12-24(20(2)15-19)28-25(30)13-14-26(31)29-27-17-22-9-6-10-23(16-22)32-18-21-7-4-3-5-8-21/h3-12,15-17H,13-14,18H2,1-2H3,(H,28,30)(H,29,31)/b27-17-. The van der Waals surface area contributed by atoms with E-state index < -0.39 is 0 Å². The van der Waals surface area contributed by atoms with Crippen molar-refractivity contribution in [3.05, 3.63) is 95.1 Å². The minimum atomic E-state index is -0.325. The van der Waals surface area contributed by atoms with Gasteiger partial charge in [0.1, 0.15) is 12.4 Å². The number of ether oxygens (including phenoxy) is 1. The molecule has 0 aliphatic carbocycles. The summed E-state index contributed by atoms with van der Waals surface area (Å²) in [6, 6.07) is 23.1. The summed E-state index contributed by atoms with van der Waals surface area (Å²) in [6.45, 7) is 4.41. The molecule has 164 valence electrons. The summed E-state index contributed by atoms with van der Waals surface area (Å²) in [5.41, 5.74) is 7.21. The summed E-state index contributed by atoms with van der Waals surface area (Å²) in [7, 11) is 0. The van der Waals surface area contributed by atoms with Crippen molar-refractivity contribution >= 4 is 23.7 Å². The molecule has 3 rings (SSSR count). The highest BCUT2D eigenvalue weighted by atomic mass is 16.5. The zero-order valence-electron chi connectivity index (χ0n) is 18.3. The lowest BCUT2D eigenvalue weighted by Crippen LogP contribution is -2.20. The first-order chi connectivity index (χ1) is 15.5. The first-order valence-corrected chi connectivity index (χ1v) is 10.5. The van der Waals surface area contributed by atoms with E-state index in [1.807, 2.05) is 86.6 Å². The minimum Gasteiger partial charge on any atom is -0.489 e. The number of hydrogen-bond donors (Lipinski definition) is 2. The molecular weight excluding hydrogens is 402 g/mol. The van der Waals surface area contributed by atoms with E-state index in [0.29, 0.717) is 12.4 Å². The first-order valence-electron chi connectivity index (χ1n) is 10.5. The third-order valence-electron chi connectivity index (χ3n) is 4.74. The van der Waals surface area contributed by atoms with Gasteiger partial charge in [-0.3, -0.25) is 9.59 Å². The Kier molecular flexibility index (Phi) is 8.15. The molecule has 0 heterocycles. The number of aryl methyl sites for hydroxylation is 2. The van der Waals surface area contributed by atoms with Gasteiger partial charge in [-0.2, -0.15) is 5.10 Å². The second kappa shape index (κ2) is 11.5. The van der Waals surface area contributed by atoms with Gasteiger partial charge in [0.2, 0.25) is 11.8 Å². The van der Waals surface area contributed by atoms with Crippen molar-refractivity contribution < 1.29 is 14.3 Å². The average molecular weight is 430 g/mol. The third-order valence-corrected chi connectivity index (χ3v) is 4.74. The largest absolute Gasteiger partial charge is 0.489 e. The molecule has 0 bridgehead atoms. The van der Waals surface area contributed by atoms with Crippen molar-refractivity contribution in [1.29, 1.82) is 0 Å². The number of amides is 2. The molecule has 0 spiro atoms. The number of anilines is 1. The van der Waals surface area contributed by atoms with Gasteiger partial charge < -0.3 is 10.1 Å². The summed E-state index contributed by atoms with van der Waals surface area (Å²) < 4.78 is 5.80. The van der Waals surface area contributed by atoms with Crippen LogP contribution in [0.4, 0.5) is 5.69 Å². The highest BCUT2D eigenvalue weighted by molar-refractivity contribution is 5.94. The lowest BCUT2D eigenvalue weighted by atomic mass is 10.1. The van der Waals surface area contributed by atoms with Crippen LogP contribution in [0.2, 0.25) is 0 Å². The molecule has 6 heteroatoms. The maximum Gasteiger partial charge on any atom is 0.240 e. The van der Waals surface area contributed by atoms with Crippen LogP contribution in [0.25, 0.3) is 0 Å². The van der Waals surface area contributed by atoms with Gasteiger partial charge in [0.15, 0.2) is 0 Å². The number of nitrogens with zero attached hydrogens (tertiary/aromatic N) is 1. The maximum absolute atomic E-state index is 12.1. The number of carbonyl (C=O) groups is 2. The Bertz CT molecular complexity index is 1090. The molecule has 0 saturated carbocycles. The van der Waals surface area contributed by atoms with E-state index in [-0.39, 0.29) is 24.7 Å². The van der Waals surface area contributed by atoms with E-state index in [0.717, 1.165) is 27.9 Å². The van der Waals surface area contributed by atoms with E-state index in [1.165, 1.54) is 0 Å². The van der Waals surface area contributed by atoms with Crippen LogP contribution in [0.5, 0.6) is 5.75 Å². The fourth-order valence-electron chi connectivity index (χ4n) is 3.05. The van der Waals surface area contributed by atoms with Gasteiger partial charge >= 0.3 is 0 Å². The SMILES string of the molecule is Cc1ccc(NC(=O)CCC(=O)N/N=C\c2cccc(OCc3ccccc3)c2)c(C)c1. The Hall–Kier alpha value is -3.93. The Labute approximate surface area is 188 Å². The van der Waals surface area contributed by atoms with Crippen LogP contribution in [0.1, 0.15) is 35.1 Å². The highest BCUT2D eigenvalue weighted by Gasteiger charge is 2.08. The molecule has 32 heavy (non-hydrogen) atoms. The lowest BCUT2D eigenvalue weighted by Gasteiger charge is -2.08. The summed E-state index contributed by atoms with van der Waals surface area (Å²) in [5.74, 6) is 0.181. The molecule has 2 amide bonds. The first kappa shape index (κ1) is 22.7. The molecule has 0 aromatic heterocycles. The zero-order chi connectivity index (χ0) is 22.8. The van der Waals surface area contributed by atoms with Crippen LogP contribution in [-0.4, -0.2) is 18.0 Å². The molecule has 3 aromatic carbocycles. The van der Waals surface area contributed by atoms with Gasteiger partial charge in [0, 0.05) is 18.5 Å². The van der Waals surface area contributed by atoms with Crippen LogP contribution >= 0.6 is 0 Å². The number of rotatable bonds is 9. The Morgan fingerprint density at radius 2 is 1.69 bits per heavy atom. The van der Waals surface area contributed by atoms with Gasteiger partial charge in [0.25, 0.3) is 0 Å². The van der Waals surface area contributed by atoms with Gasteiger partial charge in [-0.1, -0.05) is 60.2 Å². The van der Waals surface area contributed by atoms with Gasteiger partial charge in [-0.25, -0.2) is 5.43 Å². The van der Waals surface area contributed by atoms with E-state index in [2.05, 4.69) is 15.8 Å². The molecular formula is C26H27N3O3. The molecule has 2 N–H and O–H groups in total. The topological polar surface area (TPSA) is 79.8 Å². The molecule has 0 fully saturated rings. The van der Waals surface area contributed by atoms with Gasteiger partial charge in [-0.15, -0.1) is 0 Å². The third kappa shape index (κ3) is 7.40. The molecule has 3 aromatic rings. The Balaban J connectivity index is 1.42. The molecule has 0 atom stereocenters. The highest BCUT2D eigenvalue weighted by Crippen LogP contribution is 2.16. The second-order valence-corrected chi connectivity index (χ2v) is 7.51. The van der Waals surface area contributed by atoms with Crippen molar-refractivity contribution in [2.24, 2.45) is 5.10 Å². The van der Waals surface area contributed by atoms with Crippen LogP contribution in [-0.2, 0) is 16.2 Å². The fourth-order valence-corrected chi connectivity index (χ4v) is 3.05. The second-order valence-electron chi connectivity index (χ2n) is 7.51. The molecule has 0 saturated heterocycles. The number of hydrazone groups is 1. The maximum atomic E-state index is 12.1. The number of hydrogen-bond acceptors (Lipinski definition) is 4. The lowest BCUT2D eigenvalue weighted by molar-refractivity contribution is -0.124. The average Bonchev–Trinajstić information content (AvgIpc) is 2.79.